The largest absolute Gasteiger partial charge is 0.508 e. The quantitative estimate of drug-likeness (QED) is 0.0870. The molecule has 6 nitrogen and oxygen atoms in total. The van der Waals surface area contributed by atoms with Crippen LogP contribution >= 0.6 is 24.4 Å². The molecule has 3 N–H and O–H groups in total. The number of hydrogen-bond acceptors (Lipinski definition) is 6. The fraction of sp³-hybridized carbons (Fsp3) is 0.0800. The number of carbonyl (C=O) groups is 1. The van der Waals surface area contributed by atoms with Gasteiger partial charge in [-0.1, -0.05) is 30.3 Å². The van der Waals surface area contributed by atoms with Gasteiger partial charge in [0.05, 0.1) is 21.7 Å². The fourth-order valence-corrected chi connectivity index (χ4v) is 3.97. The highest BCUT2D eigenvalue weighted by molar-refractivity contribution is 7.78. The van der Waals surface area contributed by atoms with E-state index in [1.54, 1.807) is 18.5 Å². The molecule has 4 aromatic rings. The van der Waals surface area contributed by atoms with Crippen LogP contribution in [0.25, 0.3) is 27.9 Å². The molecule has 4 rings (SSSR count). The number of allylic oxidation sites excluding steroid dienone is 2. The molecule has 2 heterocycles. The van der Waals surface area contributed by atoms with Gasteiger partial charge < -0.3 is 15.1 Å². The topological polar surface area (TPSA) is 93.6 Å². The molecule has 0 saturated heterocycles. The van der Waals surface area contributed by atoms with Gasteiger partial charge >= 0.3 is 0 Å². The van der Waals surface area contributed by atoms with Crippen molar-refractivity contribution in [3.8, 4) is 0 Å². The van der Waals surface area contributed by atoms with E-state index in [0.29, 0.717) is 17.8 Å². The molecule has 0 aliphatic carbocycles. The van der Waals surface area contributed by atoms with Crippen molar-refractivity contribution in [1.82, 2.24) is 9.97 Å². The third-order valence-corrected chi connectivity index (χ3v) is 5.39. The summed E-state index contributed by atoms with van der Waals surface area (Å²) in [7, 11) is 0. The average molecular weight is 471 g/mol. The second-order valence-corrected chi connectivity index (χ2v) is 7.60. The molecule has 162 valence electrons. The van der Waals surface area contributed by atoms with Crippen LogP contribution in [0.5, 0.6) is 0 Å². The van der Waals surface area contributed by atoms with Gasteiger partial charge in [-0.2, -0.15) is 9.98 Å². The van der Waals surface area contributed by atoms with Crippen molar-refractivity contribution in [1.29, 1.82) is 0 Å². The van der Waals surface area contributed by atoms with Crippen LogP contribution in [-0.4, -0.2) is 31.2 Å². The molecule has 0 aliphatic heterocycles. The number of aliphatic hydroxyl groups is 1. The van der Waals surface area contributed by atoms with E-state index in [2.05, 4.69) is 30.3 Å². The average Bonchev–Trinajstić information content (AvgIpc) is 3.42. The van der Waals surface area contributed by atoms with Crippen LogP contribution in [0.15, 0.2) is 76.7 Å². The Morgan fingerprint density at radius 1 is 0.970 bits per heavy atom. The summed E-state index contributed by atoms with van der Waals surface area (Å²) in [5, 5.41) is 16.8. The number of isothiocyanates is 2. The number of benzene rings is 2. The highest BCUT2D eigenvalue weighted by atomic mass is 32.1. The smallest absolute Gasteiger partial charge is 0.159 e. The van der Waals surface area contributed by atoms with E-state index in [0.717, 1.165) is 32.9 Å². The normalized spacial score (nSPS) is 11.6. The molecule has 0 atom stereocenters. The Labute approximate surface area is 200 Å². The van der Waals surface area contributed by atoms with Crippen LogP contribution in [0.1, 0.15) is 17.5 Å². The maximum Gasteiger partial charge on any atom is 0.159 e. The third kappa shape index (κ3) is 4.95. The van der Waals surface area contributed by atoms with E-state index in [1.165, 1.54) is 12.2 Å². The summed E-state index contributed by atoms with van der Waals surface area (Å²) < 4.78 is 0. The number of thiocarbonyl (C=S) groups is 2. The molecule has 0 saturated carbocycles. The summed E-state index contributed by atoms with van der Waals surface area (Å²) in [4.78, 5) is 26.9. The van der Waals surface area contributed by atoms with Crippen molar-refractivity contribution in [3.05, 3.63) is 77.8 Å². The molecule has 0 unspecified atom stereocenters. The molecule has 0 fully saturated rings. The molecule has 0 bridgehead atoms. The molecule has 2 aromatic carbocycles. The Hall–Kier alpha value is -3.93. The predicted molar refractivity (Wildman–Crippen MR) is 139 cm³/mol. The van der Waals surface area contributed by atoms with Crippen LogP contribution in [0.2, 0.25) is 0 Å². The molecule has 0 aliphatic rings. The maximum absolute atomic E-state index is 12.5. The second-order valence-electron chi connectivity index (χ2n) is 7.23. The van der Waals surface area contributed by atoms with Crippen molar-refractivity contribution in [2.24, 2.45) is 9.98 Å². The van der Waals surface area contributed by atoms with Crippen molar-refractivity contribution in [3.63, 3.8) is 0 Å². The Morgan fingerprint density at radius 2 is 1.61 bits per heavy atom. The number of nitrogens with one attached hydrogen (secondary N) is 2. The van der Waals surface area contributed by atoms with Crippen LogP contribution in [0.3, 0.4) is 0 Å². The minimum Gasteiger partial charge on any atom is -0.508 e. The number of aromatic nitrogens is 2. The Kier molecular flexibility index (Phi) is 6.83. The maximum atomic E-state index is 12.5. The molecular formula is C25H18N4O2S2. The van der Waals surface area contributed by atoms with E-state index in [4.69, 9.17) is 24.4 Å². The van der Waals surface area contributed by atoms with E-state index in [1.807, 2.05) is 36.4 Å². The summed E-state index contributed by atoms with van der Waals surface area (Å²) in [6.45, 7) is 0. The van der Waals surface area contributed by atoms with Crippen molar-refractivity contribution >= 4 is 79.8 Å². The first-order valence-electron chi connectivity index (χ1n) is 10.1. The number of fused-ring (bicyclic) bond motifs is 2. The lowest BCUT2D eigenvalue weighted by Crippen LogP contribution is -1.98. The van der Waals surface area contributed by atoms with E-state index in [9.17, 15) is 9.90 Å². The Bertz CT molecular complexity index is 1510. The number of ketones is 1. The van der Waals surface area contributed by atoms with Crippen molar-refractivity contribution in [2.45, 2.75) is 12.8 Å². The second kappa shape index (κ2) is 10.1. The van der Waals surface area contributed by atoms with Crippen LogP contribution in [0.4, 0.5) is 11.4 Å². The fourth-order valence-electron chi connectivity index (χ4n) is 3.78. The number of aromatic amines is 2. The van der Waals surface area contributed by atoms with Gasteiger partial charge in [0.1, 0.15) is 5.76 Å². The zero-order valence-corrected chi connectivity index (χ0v) is 19.0. The minimum atomic E-state index is -0.185. The predicted octanol–water partition coefficient (Wildman–Crippen LogP) is 6.77. The first kappa shape index (κ1) is 22.3. The molecule has 0 radical (unpaired) electrons. The van der Waals surface area contributed by atoms with Gasteiger partial charge in [0.2, 0.25) is 0 Å². The molecule has 2 aromatic heterocycles. The Balaban J connectivity index is 1.50. The number of aliphatic imine (C=N–C) groups is 2. The number of hydrogen-bond donors (Lipinski definition) is 3. The standard InChI is InChI=1S/C25H18N4O2S2/c30-18(9-7-16-3-1-5-20-24(16)22(12-26-20)28-14-32)11-19(31)10-8-17-4-2-6-21-25(17)23(13-27-21)29-15-33/h1-7,9,11-13,26-27,30H,8,10H2/b9-7+,18-11-. The summed E-state index contributed by atoms with van der Waals surface area (Å²) >= 11 is 9.43. The van der Waals surface area contributed by atoms with Gasteiger partial charge in [-0.3, -0.25) is 4.79 Å². The Morgan fingerprint density at radius 3 is 2.30 bits per heavy atom. The monoisotopic (exact) mass is 470 g/mol. The molecule has 33 heavy (non-hydrogen) atoms. The van der Waals surface area contributed by atoms with E-state index < -0.39 is 0 Å². The highest BCUT2D eigenvalue weighted by Crippen LogP contribution is 2.31. The lowest BCUT2D eigenvalue weighted by Gasteiger charge is -2.03. The molecular weight excluding hydrogens is 452 g/mol. The SMILES string of the molecule is O=C(/C=C(O)/C=C/c1cccc2[nH]cc(N=C=S)c12)CCc1cccc2[nH]cc(N=C=S)c12. The number of carbonyl (C=O) groups excluding carboxylic acids is 1. The first-order valence-corrected chi connectivity index (χ1v) is 10.9. The van der Waals surface area contributed by atoms with Crippen molar-refractivity contribution < 1.29 is 9.90 Å². The summed E-state index contributed by atoms with van der Waals surface area (Å²) in [5.74, 6) is -0.311. The van der Waals surface area contributed by atoms with Gasteiger partial charge in [0.25, 0.3) is 0 Å². The van der Waals surface area contributed by atoms with E-state index in [-0.39, 0.29) is 18.0 Å². The van der Waals surface area contributed by atoms with E-state index >= 15 is 0 Å². The van der Waals surface area contributed by atoms with Gasteiger partial charge in [0.15, 0.2) is 5.78 Å². The van der Waals surface area contributed by atoms with Crippen LogP contribution < -0.4 is 0 Å². The highest BCUT2D eigenvalue weighted by Gasteiger charge is 2.10. The summed E-state index contributed by atoms with van der Waals surface area (Å²) in [6.07, 6.45) is 8.71. The summed E-state index contributed by atoms with van der Waals surface area (Å²) in [5.41, 5.74) is 4.96. The number of H-pyrrole nitrogens is 2. The lowest BCUT2D eigenvalue weighted by molar-refractivity contribution is -0.114. The molecule has 8 heteroatoms. The van der Waals surface area contributed by atoms with Crippen LogP contribution in [0, 0.1) is 0 Å². The zero-order chi connectivity index (χ0) is 23.2. The molecule has 0 spiro atoms. The van der Waals surface area contributed by atoms with Gasteiger partial charge in [0, 0.05) is 46.7 Å². The van der Waals surface area contributed by atoms with Crippen LogP contribution in [-0.2, 0) is 11.2 Å². The molecule has 0 amide bonds. The van der Waals surface area contributed by atoms with Gasteiger partial charge in [-0.15, -0.1) is 0 Å². The lowest BCUT2D eigenvalue weighted by atomic mass is 10.0. The third-order valence-electron chi connectivity index (χ3n) is 5.20. The zero-order valence-electron chi connectivity index (χ0n) is 17.3. The van der Waals surface area contributed by atoms with Gasteiger partial charge in [-0.05, 0) is 60.2 Å². The number of rotatable bonds is 8. The van der Waals surface area contributed by atoms with Gasteiger partial charge in [-0.25, -0.2) is 0 Å². The summed E-state index contributed by atoms with van der Waals surface area (Å²) in [6, 6.07) is 11.5. The minimum absolute atomic E-state index is 0.127. The number of aliphatic hydroxyl groups excluding tert-OH is 1. The van der Waals surface area contributed by atoms with Crippen molar-refractivity contribution in [2.75, 3.05) is 0 Å². The number of nitrogens with zero attached hydrogens (tertiary/aromatic N) is 2. The number of aryl methyl sites for hydroxylation is 1. The first-order chi connectivity index (χ1) is 16.1.